The first-order chi connectivity index (χ1) is 5.77. The summed E-state index contributed by atoms with van der Waals surface area (Å²) < 4.78 is 0. The Labute approximate surface area is 73.1 Å². The number of fused-ring (bicyclic) bond motifs is 1. The molecule has 3 heteroatoms. The fraction of sp³-hybridized carbons (Fsp3) is 0.889. The van der Waals surface area contributed by atoms with Gasteiger partial charge in [0.1, 0.15) is 5.78 Å². The predicted molar refractivity (Wildman–Crippen MR) is 47.1 cm³/mol. The molecule has 0 saturated carbocycles. The van der Waals surface area contributed by atoms with Crippen LogP contribution in [0.3, 0.4) is 0 Å². The minimum atomic E-state index is 0.0966. The highest BCUT2D eigenvalue weighted by Crippen LogP contribution is 2.19. The number of hydrogen-bond acceptors (Lipinski definition) is 3. The van der Waals surface area contributed by atoms with E-state index in [1.165, 1.54) is 19.4 Å². The summed E-state index contributed by atoms with van der Waals surface area (Å²) in [6, 6.07) is 0.806. The first-order valence-corrected chi connectivity index (χ1v) is 4.75. The fourth-order valence-corrected chi connectivity index (χ4v) is 2.22. The van der Waals surface area contributed by atoms with Crippen LogP contribution in [-0.2, 0) is 4.79 Å². The number of carbonyl (C=O) groups is 1. The molecule has 0 aromatic heterocycles. The van der Waals surface area contributed by atoms with Gasteiger partial charge < -0.3 is 5.32 Å². The Balaban J connectivity index is 1.96. The van der Waals surface area contributed by atoms with Crippen LogP contribution in [0.1, 0.15) is 19.8 Å². The zero-order valence-electron chi connectivity index (χ0n) is 7.55. The second-order valence-electron chi connectivity index (χ2n) is 3.86. The number of Topliss-reactive ketones (excluding diaryl/α,β-unsaturated/α-hetero) is 1. The SMILES string of the molecule is CC(=O)C1CN2CCCC2CN1. The van der Waals surface area contributed by atoms with Crippen molar-refractivity contribution in [2.75, 3.05) is 19.6 Å². The van der Waals surface area contributed by atoms with Gasteiger partial charge in [-0.1, -0.05) is 0 Å². The van der Waals surface area contributed by atoms with Crippen LogP contribution in [0.15, 0.2) is 0 Å². The van der Waals surface area contributed by atoms with E-state index in [0.29, 0.717) is 6.04 Å². The molecule has 12 heavy (non-hydrogen) atoms. The van der Waals surface area contributed by atoms with E-state index in [-0.39, 0.29) is 11.8 Å². The molecule has 2 aliphatic rings. The molecule has 1 N–H and O–H groups in total. The molecule has 2 heterocycles. The standard InChI is InChI=1S/C9H16N2O/c1-7(12)9-6-11-4-2-3-8(11)5-10-9/h8-10H,2-6H2,1H3. The second-order valence-corrected chi connectivity index (χ2v) is 3.86. The Morgan fingerprint density at radius 3 is 3.17 bits per heavy atom. The van der Waals surface area contributed by atoms with Gasteiger partial charge in [-0.3, -0.25) is 9.69 Å². The molecular weight excluding hydrogens is 152 g/mol. The van der Waals surface area contributed by atoms with Crippen LogP contribution in [-0.4, -0.2) is 42.4 Å². The molecule has 0 aromatic carbocycles. The number of piperazine rings is 1. The van der Waals surface area contributed by atoms with Crippen LogP contribution in [0.25, 0.3) is 0 Å². The van der Waals surface area contributed by atoms with Gasteiger partial charge in [-0.25, -0.2) is 0 Å². The molecule has 68 valence electrons. The smallest absolute Gasteiger partial charge is 0.147 e. The molecule has 2 saturated heterocycles. The lowest BCUT2D eigenvalue weighted by molar-refractivity contribution is -0.120. The number of hydrogen-bond donors (Lipinski definition) is 1. The van der Waals surface area contributed by atoms with Gasteiger partial charge >= 0.3 is 0 Å². The van der Waals surface area contributed by atoms with E-state index in [1.54, 1.807) is 6.92 Å². The maximum Gasteiger partial charge on any atom is 0.147 e. The van der Waals surface area contributed by atoms with Crippen LogP contribution in [0.2, 0.25) is 0 Å². The number of nitrogens with one attached hydrogen (secondary N) is 1. The topological polar surface area (TPSA) is 32.3 Å². The Hall–Kier alpha value is -0.410. The van der Waals surface area contributed by atoms with Crippen molar-refractivity contribution in [1.29, 1.82) is 0 Å². The summed E-state index contributed by atoms with van der Waals surface area (Å²) in [5.41, 5.74) is 0. The number of rotatable bonds is 1. The summed E-state index contributed by atoms with van der Waals surface area (Å²) in [6.45, 7) is 4.80. The Morgan fingerprint density at radius 1 is 1.58 bits per heavy atom. The van der Waals surface area contributed by atoms with Crippen molar-refractivity contribution in [3.8, 4) is 0 Å². The van der Waals surface area contributed by atoms with Gasteiger partial charge in [0.2, 0.25) is 0 Å². The Bertz CT molecular complexity index is 193. The molecule has 2 fully saturated rings. The van der Waals surface area contributed by atoms with Gasteiger partial charge in [-0.05, 0) is 26.3 Å². The van der Waals surface area contributed by atoms with E-state index in [2.05, 4.69) is 10.2 Å². The summed E-state index contributed by atoms with van der Waals surface area (Å²) in [7, 11) is 0. The second kappa shape index (κ2) is 3.15. The molecule has 2 atom stereocenters. The Kier molecular flexibility index (Phi) is 2.15. The third-order valence-electron chi connectivity index (χ3n) is 3.01. The molecular formula is C9H16N2O. The van der Waals surface area contributed by atoms with Crippen molar-refractivity contribution in [1.82, 2.24) is 10.2 Å². The lowest BCUT2D eigenvalue weighted by atomic mass is 10.1. The molecule has 0 aliphatic carbocycles. The van der Waals surface area contributed by atoms with Crippen LogP contribution in [0, 0.1) is 0 Å². The molecule has 0 spiro atoms. The van der Waals surface area contributed by atoms with Gasteiger partial charge in [0.05, 0.1) is 6.04 Å². The van der Waals surface area contributed by atoms with E-state index in [9.17, 15) is 4.79 Å². The summed E-state index contributed by atoms with van der Waals surface area (Å²) in [6.07, 6.45) is 2.61. The van der Waals surface area contributed by atoms with E-state index in [1.807, 2.05) is 0 Å². The number of carbonyl (C=O) groups excluding carboxylic acids is 1. The monoisotopic (exact) mass is 168 g/mol. The van der Waals surface area contributed by atoms with Crippen molar-refractivity contribution in [2.24, 2.45) is 0 Å². The molecule has 2 aliphatic heterocycles. The molecule has 0 radical (unpaired) electrons. The molecule has 2 unspecified atom stereocenters. The average Bonchev–Trinajstić information content (AvgIpc) is 2.49. The van der Waals surface area contributed by atoms with Gasteiger partial charge in [-0.2, -0.15) is 0 Å². The van der Waals surface area contributed by atoms with Gasteiger partial charge in [0.25, 0.3) is 0 Å². The third-order valence-corrected chi connectivity index (χ3v) is 3.01. The summed E-state index contributed by atoms with van der Waals surface area (Å²) >= 11 is 0. The predicted octanol–water partition coefficient (Wildman–Crippen LogP) is 0.0116. The molecule has 0 amide bonds. The number of ketones is 1. The normalized spacial score (nSPS) is 36.4. The zero-order chi connectivity index (χ0) is 8.55. The average molecular weight is 168 g/mol. The molecule has 3 nitrogen and oxygen atoms in total. The largest absolute Gasteiger partial charge is 0.305 e. The maximum absolute atomic E-state index is 11.1. The van der Waals surface area contributed by atoms with Crippen LogP contribution < -0.4 is 5.32 Å². The van der Waals surface area contributed by atoms with Crippen molar-refractivity contribution < 1.29 is 4.79 Å². The first kappa shape index (κ1) is 8.20. The molecule has 0 aromatic rings. The van der Waals surface area contributed by atoms with E-state index in [0.717, 1.165) is 13.1 Å². The highest BCUT2D eigenvalue weighted by Gasteiger charge is 2.32. The van der Waals surface area contributed by atoms with E-state index in [4.69, 9.17) is 0 Å². The van der Waals surface area contributed by atoms with Crippen LogP contribution >= 0.6 is 0 Å². The van der Waals surface area contributed by atoms with Crippen molar-refractivity contribution in [3.63, 3.8) is 0 Å². The summed E-state index contributed by atoms with van der Waals surface area (Å²) in [5.74, 6) is 0.278. The third kappa shape index (κ3) is 1.39. The van der Waals surface area contributed by atoms with Gasteiger partial charge in [0.15, 0.2) is 0 Å². The van der Waals surface area contributed by atoms with E-state index < -0.39 is 0 Å². The van der Waals surface area contributed by atoms with Gasteiger partial charge in [-0.15, -0.1) is 0 Å². The highest BCUT2D eigenvalue weighted by atomic mass is 16.1. The maximum atomic E-state index is 11.1. The molecule has 2 rings (SSSR count). The van der Waals surface area contributed by atoms with Crippen LogP contribution in [0.5, 0.6) is 0 Å². The minimum absolute atomic E-state index is 0.0966. The first-order valence-electron chi connectivity index (χ1n) is 4.75. The van der Waals surface area contributed by atoms with Crippen LogP contribution in [0.4, 0.5) is 0 Å². The Morgan fingerprint density at radius 2 is 2.42 bits per heavy atom. The number of nitrogens with zero attached hydrogens (tertiary/aromatic N) is 1. The fourth-order valence-electron chi connectivity index (χ4n) is 2.22. The minimum Gasteiger partial charge on any atom is -0.305 e. The van der Waals surface area contributed by atoms with Crippen molar-refractivity contribution >= 4 is 5.78 Å². The van der Waals surface area contributed by atoms with E-state index >= 15 is 0 Å². The quantitative estimate of drug-likeness (QED) is 0.598. The summed E-state index contributed by atoms with van der Waals surface area (Å²) in [4.78, 5) is 13.5. The lowest BCUT2D eigenvalue weighted by Crippen LogP contribution is -2.56. The highest BCUT2D eigenvalue weighted by molar-refractivity contribution is 5.81. The van der Waals surface area contributed by atoms with Gasteiger partial charge in [0, 0.05) is 19.1 Å². The molecule has 0 bridgehead atoms. The lowest BCUT2D eigenvalue weighted by Gasteiger charge is -2.34. The summed E-state index contributed by atoms with van der Waals surface area (Å²) in [5, 5.41) is 3.30. The van der Waals surface area contributed by atoms with Crippen molar-refractivity contribution in [2.45, 2.75) is 31.8 Å². The zero-order valence-corrected chi connectivity index (χ0v) is 7.55. The van der Waals surface area contributed by atoms with Crippen molar-refractivity contribution in [3.05, 3.63) is 0 Å².